The third-order valence-corrected chi connectivity index (χ3v) is 2.77. The zero-order valence-corrected chi connectivity index (χ0v) is 10.6. The maximum atomic E-state index is 13.6. The quantitative estimate of drug-likeness (QED) is 0.911. The lowest BCUT2D eigenvalue weighted by Crippen LogP contribution is -2.13. The summed E-state index contributed by atoms with van der Waals surface area (Å²) in [7, 11) is 0. The topological polar surface area (TPSA) is 52.9 Å². The van der Waals surface area contributed by atoms with Gasteiger partial charge in [-0.25, -0.2) is 8.78 Å². The molecular formula is C15H10F2N2O. The van der Waals surface area contributed by atoms with Crippen LogP contribution < -0.4 is 5.32 Å². The van der Waals surface area contributed by atoms with Gasteiger partial charge in [0.15, 0.2) is 0 Å². The Kier molecular flexibility index (Phi) is 3.76. The van der Waals surface area contributed by atoms with Gasteiger partial charge in [0, 0.05) is 11.6 Å². The van der Waals surface area contributed by atoms with E-state index < -0.39 is 17.5 Å². The van der Waals surface area contributed by atoms with E-state index in [4.69, 9.17) is 5.26 Å². The number of nitrogens with zero attached hydrogens (tertiary/aromatic N) is 1. The fraction of sp³-hybridized carbons (Fsp3) is 0.0667. The Morgan fingerprint density at radius 2 is 1.80 bits per heavy atom. The predicted octanol–water partition coefficient (Wildman–Crippen LogP) is 3.40. The molecule has 0 aromatic heterocycles. The van der Waals surface area contributed by atoms with Gasteiger partial charge < -0.3 is 5.32 Å². The number of carbonyl (C=O) groups is 1. The molecule has 100 valence electrons. The van der Waals surface area contributed by atoms with Crippen LogP contribution in [-0.4, -0.2) is 5.91 Å². The molecule has 0 bridgehead atoms. The summed E-state index contributed by atoms with van der Waals surface area (Å²) in [6.45, 7) is 1.44. The molecule has 3 nitrogen and oxygen atoms in total. The summed E-state index contributed by atoms with van der Waals surface area (Å²) in [5.74, 6) is -1.87. The summed E-state index contributed by atoms with van der Waals surface area (Å²) in [5, 5.41) is 10.9. The molecule has 0 saturated heterocycles. The molecule has 0 atom stereocenters. The maximum absolute atomic E-state index is 13.6. The number of nitrogens with one attached hydrogen (secondary N) is 1. The Morgan fingerprint density at radius 3 is 2.40 bits per heavy atom. The highest BCUT2D eigenvalue weighted by molar-refractivity contribution is 6.04. The molecule has 0 aliphatic rings. The van der Waals surface area contributed by atoms with Crippen molar-refractivity contribution in [2.75, 3.05) is 5.32 Å². The van der Waals surface area contributed by atoms with Crippen molar-refractivity contribution in [1.29, 1.82) is 5.26 Å². The molecule has 0 unspecified atom stereocenters. The van der Waals surface area contributed by atoms with Crippen molar-refractivity contribution in [3.8, 4) is 6.07 Å². The van der Waals surface area contributed by atoms with E-state index >= 15 is 0 Å². The number of hydrogen-bond acceptors (Lipinski definition) is 2. The first kappa shape index (κ1) is 13.7. The number of rotatable bonds is 2. The van der Waals surface area contributed by atoms with Gasteiger partial charge in [-0.15, -0.1) is 0 Å². The Bertz CT molecular complexity index is 703. The zero-order valence-electron chi connectivity index (χ0n) is 10.6. The molecule has 1 N–H and O–H groups in total. The third kappa shape index (κ3) is 2.81. The molecule has 5 heteroatoms. The van der Waals surface area contributed by atoms with Gasteiger partial charge >= 0.3 is 0 Å². The van der Waals surface area contributed by atoms with E-state index in [0.29, 0.717) is 5.56 Å². The van der Waals surface area contributed by atoms with E-state index in [2.05, 4.69) is 5.32 Å². The van der Waals surface area contributed by atoms with Crippen LogP contribution in [0.2, 0.25) is 0 Å². The lowest BCUT2D eigenvalue weighted by molar-refractivity contribution is 0.102. The van der Waals surface area contributed by atoms with Crippen molar-refractivity contribution in [1.82, 2.24) is 0 Å². The van der Waals surface area contributed by atoms with Crippen LogP contribution in [0.1, 0.15) is 21.5 Å². The van der Waals surface area contributed by atoms with E-state index in [1.807, 2.05) is 6.07 Å². The molecule has 0 radical (unpaired) electrons. The van der Waals surface area contributed by atoms with Crippen molar-refractivity contribution in [3.05, 3.63) is 64.7 Å². The standard InChI is InChI=1S/C15H10F2N2O/c1-9-6-13(17)14(7-12(9)16)19-15(20)11-4-2-10(8-18)3-5-11/h2-7H,1H3,(H,19,20). The van der Waals surface area contributed by atoms with Gasteiger partial charge in [-0.2, -0.15) is 5.26 Å². The Labute approximate surface area is 114 Å². The number of amides is 1. The molecule has 0 heterocycles. The molecule has 0 fully saturated rings. The molecule has 0 aliphatic heterocycles. The van der Waals surface area contributed by atoms with Crippen LogP contribution >= 0.6 is 0 Å². The van der Waals surface area contributed by atoms with Crippen molar-refractivity contribution < 1.29 is 13.6 Å². The van der Waals surface area contributed by atoms with Gasteiger partial charge in [-0.05, 0) is 42.8 Å². The fourth-order valence-corrected chi connectivity index (χ4v) is 1.63. The molecule has 0 aliphatic carbocycles. The smallest absolute Gasteiger partial charge is 0.255 e. The minimum Gasteiger partial charge on any atom is -0.319 e. The lowest BCUT2D eigenvalue weighted by atomic mass is 10.1. The minimum absolute atomic E-state index is 0.166. The molecular weight excluding hydrogens is 262 g/mol. The Balaban J connectivity index is 2.23. The van der Waals surface area contributed by atoms with E-state index in [9.17, 15) is 13.6 Å². The van der Waals surface area contributed by atoms with Crippen molar-refractivity contribution in [2.24, 2.45) is 0 Å². The largest absolute Gasteiger partial charge is 0.319 e. The number of benzene rings is 2. The predicted molar refractivity (Wildman–Crippen MR) is 70.2 cm³/mol. The van der Waals surface area contributed by atoms with Gasteiger partial charge in [-0.1, -0.05) is 0 Å². The second kappa shape index (κ2) is 5.49. The lowest BCUT2D eigenvalue weighted by Gasteiger charge is -2.08. The third-order valence-electron chi connectivity index (χ3n) is 2.77. The van der Waals surface area contributed by atoms with Crippen LogP contribution in [0, 0.1) is 29.9 Å². The van der Waals surface area contributed by atoms with Gasteiger partial charge in [0.2, 0.25) is 0 Å². The first-order valence-electron chi connectivity index (χ1n) is 5.78. The van der Waals surface area contributed by atoms with E-state index in [0.717, 1.165) is 12.1 Å². The summed E-state index contributed by atoms with van der Waals surface area (Å²) >= 11 is 0. The van der Waals surface area contributed by atoms with Gasteiger partial charge in [-0.3, -0.25) is 4.79 Å². The average molecular weight is 272 g/mol. The summed E-state index contributed by atoms with van der Waals surface area (Å²) in [6, 6.07) is 9.71. The second-order valence-electron chi connectivity index (χ2n) is 4.22. The van der Waals surface area contributed by atoms with Crippen LogP contribution in [0.5, 0.6) is 0 Å². The first-order valence-corrected chi connectivity index (χ1v) is 5.78. The molecule has 20 heavy (non-hydrogen) atoms. The van der Waals surface area contributed by atoms with Crippen LogP contribution in [0.3, 0.4) is 0 Å². The van der Waals surface area contributed by atoms with Crippen LogP contribution in [-0.2, 0) is 0 Å². The minimum atomic E-state index is -0.703. The number of carbonyl (C=O) groups excluding carboxylic acids is 1. The highest BCUT2D eigenvalue weighted by atomic mass is 19.1. The number of hydrogen-bond donors (Lipinski definition) is 1. The number of halogens is 2. The van der Waals surface area contributed by atoms with Crippen LogP contribution in [0.15, 0.2) is 36.4 Å². The monoisotopic (exact) mass is 272 g/mol. The Morgan fingerprint density at radius 1 is 1.15 bits per heavy atom. The molecule has 0 spiro atoms. The van der Waals surface area contributed by atoms with Gasteiger partial charge in [0.05, 0.1) is 17.3 Å². The molecule has 2 aromatic carbocycles. The Hall–Kier alpha value is -2.74. The summed E-state index contributed by atoms with van der Waals surface area (Å²) in [4.78, 5) is 11.9. The van der Waals surface area contributed by atoms with E-state index in [1.165, 1.54) is 31.2 Å². The van der Waals surface area contributed by atoms with Gasteiger partial charge in [0.25, 0.3) is 5.91 Å². The SMILES string of the molecule is Cc1cc(F)c(NC(=O)c2ccc(C#N)cc2)cc1F. The van der Waals surface area contributed by atoms with Crippen molar-refractivity contribution >= 4 is 11.6 Å². The van der Waals surface area contributed by atoms with Crippen LogP contribution in [0.4, 0.5) is 14.5 Å². The highest BCUT2D eigenvalue weighted by Crippen LogP contribution is 2.19. The molecule has 2 aromatic rings. The fourth-order valence-electron chi connectivity index (χ4n) is 1.63. The summed E-state index contributed by atoms with van der Waals surface area (Å²) < 4.78 is 27.0. The molecule has 0 saturated carbocycles. The zero-order chi connectivity index (χ0) is 14.7. The van der Waals surface area contributed by atoms with E-state index in [-0.39, 0.29) is 16.8 Å². The highest BCUT2D eigenvalue weighted by Gasteiger charge is 2.12. The second-order valence-corrected chi connectivity index (χ2v) is 4.22. The van der Waals surface area contributed by atoms with Crippen molar-refractivity contribution in [2.45, 2.75) is 6.92 Å². The summed E-state index contributed by atoms with van der Waals surface area (Å²) in [6.07, 6.45) is 0. The van der Waals surface area contributed by atoms with Gasteiger partial charge in [0.1, 0.15) is 11.6 Å². The normalized spacial score (nSPS) is 9.90. The number of aryl methyl sites for hydroxylation is 1. The average Bonchev–Trinajstić information content (AvgIpc) is 2.44. The maximum Gasteiger partial charge on any atom is 0.255 e. The first-order chi connectivity index (χ1) is 9.51. The van der Waals surface area contributed by atoms with E-state index in [1.54, 1.807) is 0 Å². The van der Waals surface area contributed by atoms with Crippen molar-refractivity contribution in [3.63, 3.8) is 0 Å². The number of anilines is 1. The van der Waals surface area contributed by atoms with Crippen LogP contribution in [0.25, 0.3) is 0 Å². The molecule has 2 rings (SSSR count). The molecule has 1 amide bonds. The summed E-state index contributed by atoms with van der Waals surface area (Å²) in [5.41, 5.74) is 0.611. The number of nitriles is 1.